The van der Waals surface area contributed by atoms with Gasteiger partial charge in [-0.1, -0.05) is 12.1 Å². The normalized spacial score (nSPS) is 13.8. The lowest BCUT2D eigenvalue weighted by Gasteiger charge is -2.16. The van der Waals surface area contributed by atoms with Crippen molar-refractivity contribution >= 4 is 33.3 Å². The van der Waals surface area contributed by atoms with Crippen LogP contribution in [0, 0.1) is 0 Å². The summed E-state index contributed by atoms with van der Waals surface area (Å²) in [6.07, 6.45) is 2.09. The van der Waals surface area contributed by atoms with Crippen LogP contribution in [-0.4, -0.2) is 10.9 Å². The van der Waals surface area contributed by atoms with Crippen LogP contribution in [0.3, 0.4) is 0 Å². The molecule has 19 heavy (non-hydrogen) atoms. The van der Waals surface area contributed by atoms with E-state index in [9.17, 15) is 4.79 Å². The Morgan fingerprint density at radius 1 is 1.32 bits per heavy atom. The molecule has 3 rings (SSSR count). The summed E-state index contributed by atoms with van der Waals surface area (Å²) >= 11 is 3.34. The molecule has 2 N–H and O–H groups in total. The number of fused-ring (bicyclic) bond motifs is 1. The van der Waals surface area contributed by atoms with Gasteiger partial charge in [-0.15, -0.1) is 0 Å². The Labute approximate surface area is 119 Å². The Balaban J connectivity index is 2.05. The molecule has 0 radical (unpaired) electrons. The fourth-order valence-electron chi connectivity index (χ4n) is 2.25. The van der Waals surface area contributed by atoms with Crippen LogP contribution in [0.1, 0.15) is 11.1 Å². The molecule has 0 spiro atoms. The van der Waals surface area contributed by atoms with Gasteiger partial charge >= 0.3 is 0 Å². The van der Waals surface area contributed by atoms with E-state index in [-0.39, 0.29) is 5.91 Å². The fraction of sp³-hybridized carbons (Fsp3) is 0.143. The molecule has 96 valence electrons. The van der Waals surface area contributed by atoms with E-state index in [4.69, 9.17) is 5.73 Å². The molecule has 0 bridgehead atoms. The summed E-state index contributed by atoms with van der Waals surface area (Å²) in [5.74, 6) is 0.687. The number of anilines is 2. The predicted octanol–water partition coefficient (Wildman–Crippen LogP) is 2.52. The van der Waals surface area contributed by atoms with Gasteiger partial charge < -0.3 is 5.73 Å². The summed E-state index contributed by atoms with van der Waals surface area (Å²) in [5.41, 5.74) is 8.58. The molecule has 5 heteroatoms. The molecule has 0 saturated carbocycles. The van der Waals surface area contributed by atoms with Crippen molar-refractivity contribution in [1.29, 1.82) is 0 Å². The van der Waals surface area contributed by atoms with Crippen LogP contribution in [0.4, 0.5) is 11.5 Å². The molecule has 0 unspecified atom stereocenters. The summed E-state index contributed by atoms with van der Waals surface area (Å²) in [6, 6.07) is 9.58. The quantitative estimate of drug-likeness (QED) is 0.926. The van der Waals surface area contributed by atoms with Gasteiger partial charge in [-0.2, -0.15) is 0 Å². The lowest BCUT2D eigenvalue weighted by molar-refractivity contribution is -0.116. The van der Waals surface area contributed by atoms with Crippen LogP contribution in [0.2, 0.25) is 0 Å². The van der Waals surface area contributed by atoms with Gasteiger partial charge in [0, 0.05) is 17.2 Å². The monoisotopic (exact) mass is 317 g/mol. The molecule has 1 aromatic carbocycles. The fourth-order valence-corrected chi connectivity index (χ4v) is 2.49. The number of carbonyl (C=O) groups is 1. The van der Waals surface area contributed by atoms with Gasteiger partial charge in [-0.05, 0) is 45.3 Å². The molecule has 0 atom stereocenters. The molecule has 0 aliphatic carbocycles. The highest BCUT2D eigenvalue weighted by atomic mass is 79.9. The van der Waals surface area contributed by atoms with Crippen molar-refractivity contribution in [3.63, 3.8) is 0 Å². The second-order valence-corrected chi connectivity index (χ2v) is 5.32. The van der Waals surface area contributed by atoms with Crippen LogP contribution >= 0.6 is 15.9 Å². The smallest absolute Gasteiger partial charge is 0.237 e. The molecule has 1 aliphatic heterocycles. The van der Waals surface area contributed by atoms with E-state index >= 15 is 0 Å². The highest BCUT2D eigenvalue weighted by Gasteiger charge is 2.29. The lowest BCUT2D eigenvalue weighted by atomic mass is 10.1. The van der Waals surface area contributed by atoms with E-state index in [1.807, 2.05) is 30.3 Å². The van der Waals surface area contributed by atoms with E-state index in [1.165, 1.54) is 0 Å². The second kappa shape index (κ2) is 4.75. The largest absolute Gasteiger partial charge is 0.326 e. The highest BCUT2D eigenvalue weighted by Crippen LogP contribution is 2.35. The second-order valence-electron chi connectivity index (χ2n) is 4.41. The molecule has 2 heterocycles. The number of hydrogen-bond acceptors (Lipinski definition) is 3. The standard InChI is InChI=1S/C14H12BrN3O/c15-11-2-4-13(17-8-11)18-12-3-1-9(7-16)5-10(12)6-14(18)19/h1-5,8H,6-7,16H2. The van der Waals surface area contributed by atoms with Crippen LogP contribution in [0.5, 0.6) is 0 Å². The molecular formula is C14H12BrN3O. The molecule has 0 fully saturated rings. The number of pyridine rings is 1. The van der Waals surface area contributed by atoms with E-state index in [1.54, 1.807) is 11.1 Å². The number of halogens is 1. The number of nitrogens with zero attached hydrogens (tertiary/aromatic N) is 2. The molecule has 1 aromatic heterocycles. The third kappa shape index (κ3) is 2.15. The van der Waals surface area contributed by atoms with Crippen molar-refractivity contribution in [2.75, 3.05) is 4.90 Å². The minimum Gasteiger partial charge on any atom is -0.326 e. The topological polar surface area (TPSA) is 59.2 Å². The number of rotatable bonds is 2. The van der Waals surface area contributed by atoms with Crippen molar-refractivity contribution in [3.8, 4) is 0 Å². The third-order valence-corrected chi connectivity index (χ3v) is 3.62. The number of benzene rings is 1. The Kier molecular flexibility index (Phi) is 3.08. The maximum Gasteiger partial charge on any atom is 0.237 e. The first-order chi connectivity index (χ1) is 9.19. The van der Waals surface area contributed by atoms with Crippen molar-refractivity contribution in [1.82, 2.24) is 4.98 Å². The van der Waals surface area contributed by atoms with E-state index in [0.717, 1.165) is 21.3 Å². The summed E-state index contributed by atoms with van der Waals surface area (Å²) in [4.78, 5) is 18.1. The summed E-state index contributed by atoms with van der Waals surface area (Å²) in [5, 5.41) is 0. The van der Waals surface area contributed by atoms with Crippen molar-refractivity contribution < 1.29 is 4.79 Å². The minimum absolute atomic E-state index is 0.0407. The molecule has 4 nitrogen and oxygen atoms in total. The number of hydrogen-bond donors (Lipinski definition) is 1. The van der Waals surface area contributed by atoms with Crippen LogP contribution < -0.4 is 10.6 Å². The van der Waals surface area contributed by atoms with Gasteiger partial charge in [-0.3, -0.25) is 9.69 Å². The Morgan fingerprint density at radius 3 is 2.84 bits per heavy atom. The minimum atomic E-state index is 0.0407. The van der Waals surface area contributed by atoms with E-state index in [2.05, 4.69) is 20.9 Å². The Hall–Kier alpha value is -1.72. The van der Waals surface area contributed by atoms with Gasteiger partial charge in [0.1, 0.15) is 5.82 Å². The molecule has 1 amide bonds. The number of nitrogens with two attached hydrogens (primary N) is 1. The third-order valence-electron chi connectivity index (χ3n) is 3.15. The van der Waals surface area contributed by atoms with Crippen LogP contribution in [0.25, 0.3) is 0 Å². The predicted molar refractivity (Wildman–Crippen MR) is 77.1 cm³/mol. The average Bonchev–Trinajstić information content (AvgIpc) is 2.74. The van der Waals surface area contributed by atoms with Crippen LogP contribution in [0.15, 0.2) is 41.0 Å². The maximum atomic E-state index is 12.2. The zero-order valence-corrected chi connectivity index (χ0v) is 11.7. The van der Waals surface area contributed by atoms with Gasteiger partial charge in [0.05, 0.1) is 12.1 Å². The van der Waals surface area contributed by atoms with E-state index in [0.29, 0.717) is 18.8 Å². The average molecular weight is 318 g/mol. The number of amides is 1. The Morgan fingerprint density at radius 2 is 2.16 bits per heavy atom. The maximum absolute atomic E-state index is 12.2. The zero-order valence-electron chi connectivity index (χ0n) is 10.1. The van der Waals surface area contributed by atoms with Crippen molar-refractivity contribution in [2.24, 2.45) is 5.73 Å². The molecular weight excluding hydrogens is 306 g/mol. The van der Waals surface area contributed by atoms with Crippen molar-refractivity contribution in [3.05, 3.63) is 52.1 Å². The summed E-state index contributed by atoms with van der Waals surface area (Å²) in [6.45, 7) is 0.484. The first kappa shape index (κ1) is 12.3. The van der Waals surface area contributed by atoms with Gasteiger partial charge in [0.15, 0.2) is 0 Å². The van der Waals surface area contributed by atoms with Gasteiger partial charge in [-0.25, -0.2) is 4.98 Å². The number of aromatic nitrogens is 1. The summed E-state index contributed by atoms with van der Waals surface area (Å²) < 4.78 is 0.890. The number of carbonyl (C=O) groups excluding carboxylic acids is 1. The molecule has 1 aliphatic rings. The van der Waals surface area contributed by atoms with Crippen molar-refractivity contribution in [2.45, 2.75) is 13.0 Å². The van der Waals surface area contributed by atoms with Gasteiger partial charge in [0.2, 0.25) is 5.91 Å². The molecule has 2 aromatic rings. The summed E-state index contributed by atoms with van der Waals surface area (Å²) in [7, 11) is 0. The van der Waals surface area contributed by atoms with E-state index < -0.39 is 0 Å². The highest BCUT2D eigenvalue weighted by molar-refractivity contribution is 9.10. The lowest BCUT2D eigenvalue weighted by Crippen LogP contribution is -2.21. The molecule has 0 saturated heterocycles. The first-order valence-corrected chi connectivity index (χ1v) is 6.75. The van der Waals surface area contributed by atoms with Crippen LogP contribution in [-0.2, 0) is 17.8 Å². The SMILES string of the molecule is NCc1ccc2c(c1)CC(=O)N2c1ccc(Br)cn1. The Bertz CT molecular complexity index is 640. The zero-order chi connectivity index (χ0) is 13.4. The van der Waals surface area contributed by atoms with Gasteiger partial charge in [0.25, 0.3) is 0 Å². The first-order valence-electron chi connectivity index (χ1n) is 5.95.